The molecule has 0 radical (unpaired) electrons. The Morgan fingerprint density at radius 2 is 2.10 bits per heavy atom. The predicted molar refractivity (Wildman–Crippen MR) is 93.9 cm³/mol. The molecule has 2 N–H and O–H groups in total. The Hall–Kier alpha value is -0.790. The fraction of sp³-hybridized carbons (Fsp3) is 0.714. The lowest BCUT2D eigenvalue weighted by atomic mass is 10.1. The van der Waals surface area contributed by atoms with E-state index in [1.54, 1.807) is 0 Å². The van der Waals surface area contributed by atoms with Gasteiger partial charge in [-0.1, -0.05) is 0 Å². The first-order valence-corrected chi connectivity index (χ1v) is 7.00. The van der Waals surface area contributed by atoms with Crippen molar-refractivity contribution in [2.75, 3.05) is 7.05 Å². The molecule has 6 heteroatoms. The average Bonchev–Trinajstić information content (AvgIpc) is 3.13. The van der Waals surface area contributed by atoms with E-state index in [9.17, 15) is 0 Å². The van der Waals surface area contributed by atoms with Gasteiger partial charge in [0.25, 0.3) is 0 Å². The number of hydrogen-bond donors (Lipinski definition) is 2. The Morgan fingerprint density at radius 1 is 1.45 bits per heavy atom. The summed E-state index contributed by atoms with van der Waals surface area (Å²) in [5, 5.41) is 11.3. The fourth-order valence-electron chi connectivity index (χ4n) is 2.30. The molecule has 0 aliphatic heterocycles. The van der Waals surface area contributed by atoms with Gasteiger partial charge in [0.2, 0.25) is 0 Å². The van der Waals surface area contributed by atoms with E-state index >= 15 is 0 Å². The number of guanidine groups is 1. The highest BCUT2D eigenvalue weighted by molar-refractivity contribution is 14.0. The van der Waals surface area contributed by atoms with Crippen LogP contribution in [0.2, 0.25) is 0 Å². The monoisotopic (exact) mass is 391 g/mol. The topological polar surface area (TPSA) is 54.2 Å². The molecular formula is C14H26IN5. The molecule has 0 bridgehead atoms. The number of hydrogen-bond acceptors (Lipinski definition) is 2. The van der Waals surface area contributed by atoms with E-state index in [1.807, 2.05) is 18.8 Å². The molecule has 0 amide bonds. The second-order valence-corrected chi connectivity index (χ2v) is 5.51. The second kappa shape index (κ2) is 7.28. The molecule has 0 aromatic carbocycles. The van der Waals surface area contributed by atoms with Gasteiger partial charge < -0.3 is 10.6 Å². The van der Waals surface area contributed by atoms with E-state index in [4.69, 9.17) is 0 Å². The van der Waals surface area contributed by atoms with Crippen LogP contribution in [0.3, 0.4) is 0 Å². The minimum atomic E-state index is 0. The number of nitrogens with one attached hydrogen (secondary N) is 2. The van der Waals surface area contributed by atoms with E-state index in [2.05, 4.69) is 41.5 Å². The Kier molecular flexibility index (Phi) is 6.29. The van der Waals surface area contributed by atoms with Crippen LogP contribution in [0, 0.1) is 13.8 Å². The first-order valence-electron chi connectivity index (χ1n) is 7.00. The van der Waals surface area contributed by atoms with Gasteiger partial charge in [-0.2, -0.15) is 5.10 Å². The lowest BCUT2D eigenvalue weighted by Gasteiger charge is -2.18. The Balaban J connectivity index is 0.00000200. The summed E-state index contributed by atoms with van der Waals surface area (Å²) in [6.07, 6.45) is 3.49. The third kappa shape index (κ3) is 4.36. The first kappa shape index (κ1) is 17.3. The zero-order valence-electron chi connectivity index (χ0n) is 13.0. The third-order valence-corrected chi connectivity index (χ3v) is 3.69. The highest BCUT2D eigenvalue weighted by Gasteiger charge is 2.23. The van der Waals surface area contributed by atoms with Crippen molar-refractivity contribution in [2.24, 2.45) is 12.0 Å². The van der Waals surface area contributed by atoms with Gasteiger partial charge in [0.05, 0.1) is 5.69 Å². The standard InChI is InChI=1S/C14H25N5.HI/c1-9(16-14(15-4)17-12-6-7-12)8-13-10(2)18-19(5)11(13)3;/h9,12H,6-8H2,1-5H3,(H2,15,16,17);1H. The summed E-state index contributed by atoms with van der Waals surface area (Å²) in [7, 11) is 3.82. The number of aliphatic imine (C=N–C) groups is 1. The zero-order chi connectivity index (χ0) is 14.0. The Morgan fingerprint density at radius 3 is 2.55 bits per heavy atom. The van der Waals surface area contributed by atoms with Crippen LogP contribution in [-0.2, 0) is 13.5 Å². The maximum atomic E-state index is 4.46. The van der Waals surface area contributed by atoms with Gasteiger partial charge >= 0.3 is 0 Å². The number of nitrogens with zero attached hydrogens (tertiary/aromatic N) is 3. The molecule has 1 fully saturated rings. The summed E-state index contributed by atoms with van der Waals surface area (Å²) >= 11 is 0. The SMILES string of the molecule is CN=C(NC(C)Cc1c(C)nn(C)c1C)NC1CC1.I. The van der Waals surface area contributed by atoms with Crippen molar-refractivity contribution in [3.8, 4) is 0 Å². The number of halogens is 1. The van der Waals surface area contributed by atoms with E-state index in [0.29, 0.717) is 12.1 Å². The zero-order valence-corrected chi connectivity index (χ0v) is 15.4. The number of aryl methyl sites for hydroxylation is 2. The van der Waals surface area contributed by atoms with Crippen LogP contribution in [0.25, 0.3) is 0 Å². The van der Waals surface area contributed by atoms with Gasteiger partial charge in [-0.05, 0) is 45.6 Å². The predicted octanol–water partition coefficient (Wildman–Crippen LogP) is 1.91. The molecule has 114 valence electrons. The lowest BCUT2D eigenvalue weighted by Crippen LogP contribution is -2.44. The highest BCUT2D eigenvalue weighted by atomic mass is 127. The van der Waals surface area contributed by atoms with Crippen LogP contribution in [0.4, 0.5) is 0 Å². The smallest absolute Gasteiger partial charge is 0.191 e. The normalized spacial score (nSPS) is 16.6. The van der Waals surface area contributed by atoms with Crippen molar-refractivity contribution in [2.45, 2.75) is 52.1 Å². The van der Waals surface area contributed by atoms with Crippen molar-refractivity contribution in [3.63, 3.8) is 0 Å². The van der Waals surface area contributed by atoms with Gasteiger partial charge in [-0.3, -0.25) is 9.67 Å². The molecule has 1 atom stereocenters. The van der Waals surface area contributed by atoms with Crippen molar-refractivity contribution in [3.05, 3.63) is 17.0 Å². The van der Waals surface area contributed by atoms with Crippen molar-refractivity contribution < 1.29 is 0 Å². The first-order chi connectivity index (χ1) is 9.01. The van der Waals surface area contributed by atoms with Crippen molar-refractivity contribution >= 4 is 29.9 Å². The summed E-state index contributed by atoms with van der Waals surface area (Å²) in [6, 6.07) is 0.965. The third-order valence-electron chi connectivity index (χ3n) is 3.69. The van der Waals surface area contributed by atoms with Crippen molar-refractivity contribution in [1.82, 2.24) is 20.4 Å². The van der Waals surface area contributed by atoms with E-state index in [1.165, 1.54) is 24.1 Å². The molecule has 0 spiro atoms. The second-order valence-electron chi connectivity index (χ2n) is 5.51. The summed E-state index contributed by atoms with van der Waals surface area (Å²) in [4.78, 5) is 4.27. The van der Waals surface area contributed by atoms with Crippen LogP contribution < -0.4 is 10.6 Å². The lowest BCUT2D eigenvalue weighted by molar-refractivity contribution is 0.635. The molecule has 1 aromatic rings. The van der Waals surface area contributed by atoms with Crippen LogP contribution in [0.15, 0.2) is 4.99 Å². The summed E-state index contributed by atoms with van der Waals surface area (Å²) in [6.45, 7) is 6.39. The van der Waals surface area contributed by atoms with Gasteiger partial charge in [0.1, 0.15) is 0 Å². The van der Waals surface area contributed by atoms with Crippen molar-refractivity contribution in [1.29, 1.82) is 0 Å². The van der Waals surface area contributed by atoms with Gasteiger partial charge in [-0.15, -0.1) is 24.0 Å². The fourth-order valence-corrected chi connectivity index (χ4v) is 2.30. The molecule has 5 nitrogen and oxygen atoms in total. The minimum absolute atomic E-state index is 0. The maximum Gasteiger partial charge on any atom is 0.191 e. The highest BCUT2D eigenvalue weighted by Crippen LogP contribution is 2.18. The number of aromatic nitrogens is 2. The molecule has 2 rings (SSSR count). The van der Waals surface area contributed by atoms with Crippen LogP contribution in [0.5, 0.6) is 0 Å². The summed E-state index contributed by atoms with van der Waals surface area (Å²) in [5.74, 6) is 0.911. The average molecular weight is 391 g/mol. The Labute approximate surface area is 138 Å². The largest absolute Gasteiger partial charge is 0.354 e. The van der Waals surface area contributed by atoms with E-state index in [-0.39, 0.29) is 24.0 Å². The van der Waals surface area contributed by atoms with E-state index < -0.39 is 0 Å². The summed E-state index contributed by atoms with van der Waals surface area (Å²) in [5.41, 5.74) is 3.71. The molecule has 1 aliphatic carbocycles. The maximum absolute atomic E-state index is 4.46. The van der Waals surface area contributed by atoms with E-state index in [0.717, 1.165) is 18.1 Å². The van der Waals surface area contributed by atoms with Gasteiger partial charge in [-0.25, -0.2) is 0 Å². The van der Waals surface area contributed by atoms with Crippen LogP contribution in [-0.4, -0.2) is 34.9 Å². The van der Waals surface area contributed by atoms with Crippen LogP contribution >= 0.6 is 24.0 Å². The summed E-state index contributed by atoms with van der Waals surface area (Å²) < 4.78 is 1.95. The molecule has 0 saturated heterocycles. The minimum Gasteiger partial charge on any atom is -0.354 e. The molecule has 1 aliphatic rings. The van der Waals surface area contributed by atoms with Gasteiger partial charge in [0, 0.05) is 31.9 Å². The van der Waals surface area contributed by atoms with Crippen LogP contribution in [0.1, 0.15) is 36.7 Å². The quantitative estimate of drug-likeness (QED) is 0.469. The Bertz CT molecular complexity index is 476. The molecule has 1 heterocycles. The molecule has 1 aromatic heterocycles. The number of rotatable bonds is 4. The van der Waals surface area contributed by atoms with Gasteiger partial charge in [0.15, 0.2) is 5.96 Å². The molecule has 1 saturated carbocycles. The molecule has 20 heavy (non-hydrogen) atoms. The molecule has 1 unspecified atom stereocenters. The molecular weight excluding hydrogens is 365 g/mol.